The summed E-state index contributed by atoms with van der Waals surface area (Å²) in [6.45, 7) is 0.622. The molecule has 2 amide bonds. The van der Waals surface area contributed by atoms with Crippen molar-refractivity contribution in [2.75, 3.05) is 34.4 Å². The molecule has 8 nitrogen and oxygen atoms in total. The van der Waals surface area contributed by atoms with Crippen LogP contribution in [0.1, 0.15) is 49.7 Å². The third-order valence-corrected chi connectivity index (χ3v) is 7.65. The van der Waals surface area contributed by atoms with E-state index in [0.29, 0.717) is 41.2 Å². The van der Waals surface area contributed by atoms with Crippen molar-refractivity contribution in [2.45, 2.75) is 24.3 Å². The minimum atomic E-state index is -1.12. The molecule has 196 valence electrons. The Hall–Kier alpha value is -4.33. The van der Waals surface area contributed by atoms with Gasteiger partial charge in [0.1, 0.15) is 5.92 Å². The summed E-state index contributed by atoms with van der Waals surface area (Å²) in [6, 6.07) is 19.9. The van der Waals surface area contributed by atoms with E-state index in [9.17, 15) is 14.4 Å². The summed E-state index contributed by atoms with van der Waals surface area (Å²) in [7, 11) is 4.48. The first-order valence-corrected chi connectivity index (χ1v) is 12.5. The molecule has 2 aliphatic rings. The summed E-state index contributed by atoms with van der Waals surface area (Å²) in [5.74, 6) is -0.580. The number of hydrogen-bond acceptors (Lipinski definition) is 6. The Morgan fingerprint density at radius 1 is 0.974 bits per heavy atom. The molecule has 0 aliphatic carbocycles. The Bertz CT molecular complexity index is 1390. The molecule has 3 aromatic carbocycles. The van der Waals surface area contributed by atoms with Crippen LogP contribution in [0.5, 0.6) is 11.5 Å². The van der Waals surface area contributed by atoms with Gasteiger partial charge in [0.15, 0.2) is 11.5 Å². The van der Waals surface area contributed by atoms with Crippen molar-refractivity contribution in [2.24, 2.45) is 0 Å². The van der Waals surface area contributed by atoms with Crippen molar-refractivity contribution >= 4 is 17.8 Å². The van der Waals surface area contributed by atoms with Gasteiger partial charge in [-0.3, -0.25) is 14.4 Å². The monoisotopic (exact) mass is 514 g/mol. The summed E-state index contributed by atoms with van der Waals surface area (Å²) in [5.41, 5.74) is 2.25. The van der Waals surface area contributed by atoms with Gasteiger partial charge in [0, 0.05) is 24.2 Å². The third-order valence-electron chi connectivity index (χ3n) is 7.65. The Kier molecular flexibility index (Phi) is 6.80. The molecule has 2 aliphatic heterocycles. The maximum atomic E-state index is 13.9. The van der Waals surface area contributed by atoms with E-state index in [2.05, 4.69) is 5.32 Å². The van der Waals surface area contributed by atoms with Gasteiger partial charge in [-0.05, 0) is 59.9 Å². The molecule has 38 heavy (non-hydrogen) atoms. The van der Waals surface area contributed by atoms with Crippen LogP contribution in [0, 0.1) is 0 Å². The number of nitrogens with one attached hydrogen (secondary N) is 1. The summed E-state index contributed by atoms with van der Waals surface area (Å²) in [4.78, 5) is 42.2. The number of rotatable bonds is 7. The number of fused-ring (bicyclic) bond motifs is 4. The van der Waals surface area contributed by atoms with E-state index in [0.717, 1.165) is 11.1 Å². The minimum absolute atomic E-state index is 0.157. The number of carbonyl (C=O) groups excluding carboxylic acids is 3. The zero-order valence-electron chi connectivity index (χ0n) is 21.7. The van der Waals surface area contributed by atoms with Gasteiger partial charge in [-0.25, -0.2) is 0 Å². The molecule has 0 saturated heterocycles. The van der Waals surface area contributed by atoms with Gasteiger partial charge in [0.05, 0.1) is 26.9 Å². The van der Waals surface area contributed by atoms with Gasteiger partial charge in [0.25, 0.3) is 11.8 Å². The van der Waals surface area contributed by atoms with Crippen molar-refractivity contribution in [3.63, 3.8) is 0 Å². The number of amides is 2. The molecule has 1 N–H and O–H groups in total. The quantitative estimate of drug-likeness (QED) is 0.484. The molecule has 8 heteroatoms. The molecule has 5 rings (SSSR count). The number of nitrogens with zero attached hydrogens (tertiary/aromatic N) is 1. The summed E-state index contributed by atoms with van der Waals surface area (Å²) in [5, 5.41) is 2.99. The summed E-state index contributed by atoms with van der Waals surface area (Å²) in [6.07, 6.45) is 0.865. The highest BCUT2D eigenvalue weighted by Gasteiger charge is 2.58. The van der Waals surface area contributed by atoms with Gasteiger partial charge in [-0.1, -0.05) is 36.4 Å². The molecule has 0 unspecified atom stereocenters. The number of ether oxygens (including phenoxy) is 3. The fourth-order valence-corrected chi connectivity index (χ4v) is 5.96. The highest BCUT2D eigenvalue weighted by molar-refractivity contribution is 6.01. The van der Waals surface area contributed by atoms with E-state index in [1.54, 1.807) is 55.5 Å². The molecule has 2 atom stereocenters. The van der Waals surface area contributed by atoms with Crippen LogP contribution >= 0.6 is 0 Å². The number of hydrogen-bond donors (Lipinski definition) is 1. The average Bonchev–Trinajstić information content (AvgIpc) is 2.96. The molecule has 0 fully saturated rings. The fourth-order valence-electron chi connectivity index (χ4n) is 5.96. The van der Waals surface area contributed by atoms with Gasteiger partial charge >= 0.3 is 5.97 Å². The number of esters is 1. The zero-order valence-corrected chi connectivity index (χ0v) is 21.7. The second-order valence-electron chi connectivity index (χ2n) is 9.41. The average molecular weight is 515 g/mol. The SMILES string of the molecule is COC(=O)[C@H]1c2ccccc2C(=O)N2CCc3cc(OC)c(OC)cc3[C@@]12CCNC(=O)c1ccccc1. The number of carbonyl (C=O) groups is 3. The predicted molar refractivity (Wildman–Crippen MR) is 141 cm³/mol. The van der Waals surface area contributed by atoms with E-state index in [1.165, 1.54) is 7.11 Å². The molecule has 0 saturated carbocycles. The molecule has 2 heterocycles. The smallest absolute Gasteiger partial charge is 0.315 e. The lowest BCUT2D eigenvalue weighted by molar-refractivity contribution is -0.147. The molecular weight excluding hydrogens is 484 g/mol. The molecule has 0 aromatic heterocycles. The van der Waals surface area contributed by atoms with Gasteiger partial charge in [0.2, 0.25) is 0 Å². The molecule has 0 bridgehead atoms. The third kappa shape index (κ3) is 3.97. The second kappa shape index (κ2) is 10.2. The first kappa shape index (κ1) is 25.3. The van der Waals surface area contributed by atoms with Crippen molar-refractivity contribution in [3.8, 4) is 11.5 Å². The van der Waals surface area contributed by atoms with Crippen molar-refractivity contribution in [1.29, 1.82) is 0 Å². The van der Waals surface area contributed by atoms with E-state index >= 15 is 0 Å². The Balaban J connectivity index is 1.68. The van der Waals surface area contributed by atoms with Crippen molar-refractivity contribution < 1.29 is 28.6 Å². The van der Waals surface area contributed by atoms with Gasteiger partial charge in [-0.2, -0.15) is 0 Å². The minimum Gasteiger partial charge on any atom is -0.493 e. The molecular formula is C30H30N2O6. The van der Waals surface area contributed by atoms with Crippen LogP contribution in [0.25, 0.3) is 0 Å². The van der Waals surface area contributed by atoms with E-state index < -0.39 is 17.4 Å². The maximum absolute atomic E-state index is 13.9. The largest absolute Gasteiger partial charge is 0.493 e. The van der Waals surface area contributed by atoms with E-state index in [1.807, 2.05) is 30.3 Å². The number of methoxy groups -OCH3 is 3. The van der Waals surface area contributed by atoms with Gasteiger partial charge in [-0.15, -0.1) is 0 Å². The van der Waals surface area contributed by atoms with Crippen LogP contribution in [-0.4, -0.2) is 57.1 Å². The van der Waals surface area contributed by atoms with Crippen LogP contribution in [0.4, 0.5) is 0 Å². The standard InChI is InChI=1S/C30H30N2O6/c1-36-24-17-20-13-16-32-28(34)22-12-8-7-11-21(22)26(29(35)38-3)30(32,23(20)18-25(24)37-2)14-15-31-27(33)19-9-5-4-6-10-19/h4-12,17-18,26H,13-16H2,1-3H3,(H,31,33)/t26-,30+/m1/s1. The molecule has 3 aromatic rings. The first-order chi connectivity index (χ1) is 18.5. The van der Waals surface area contributed by atoms with Crippen LogP contribution in [0.3, 0.4) is 0 Å². The lowest BCUT2D eigenvalue weighted by Gasteiger charge is -2.54. The molecule has 0 spiro atoms. The molecule has 0 radical (unpaired) electrons. The Labute approximate surface area is 221 Å². The predicted octanol–water partition coefficient (Wildman–Crippen LogP) is 3.69. The zero-order chi connectivity index (χ0) is 26.9. The topological polar surface area (TPSA) is 94.2 Å². The van der Waals surface area contributed by atoms with Crippen LogP contribution < -0.4 is 14.8 Å². The Morgan fingerprint density at radius 3 is 2.37 bits per heavy atom. The maximum Gasteiger partial charge on any atom is 0.315 e. The van der Waals surface area contributed by atoms with Gasteiger partial charge < -0.3 is 24.4 Å². The second-order valence-corrected chi connectivity index (χ2v) is 9.41. The Morgan fingerprint density at radius 2 is 1.66 bits per heavy atom. The van der Waals surface area contributed by atoms with E-state index in [-0.39, 0.29) is 24.8 Å². The summed E-state index contributed by atoms with van der Waals surface area (Å²) < 4.78 is 16.5. The van der Waals surface area contributed by atoms with Crippen LogP contribution in [0.15, 0.2) is 66.7 Å². The fraction of sp³-hybridized carbons (Fsp3) is 0.300. The van der Waals surface area contributed by atoms with Crippen molar-refractivity contribution in [3.05, 3.63) is 94.5 Å². The normalized spacial score (nSPS) is 19.5. The first-order valence-electron chi connectivity index (χ1n) is 12.5. The van der Waals surface area contributed by atoms with Crippen LogP contribution in [-0.2, 0) is 21.5 Å². The van der Waals surface area contributed by atoms with Crippen LogP contribution in [0.2, 0.25) is 0 Å². The highest BCUT2D eigenvalue weighted by Crippen LogP contribution is 2.54. The lowest BCUT2D eigenvalue weighted by atomic mass is 9.64. The van der Waals surface area contributed by atoms with Crippen molar-refractivity contribution in [1.82, 2.24) is 10.2 Å². The number of benzene rings is 3. The highest BCUT2D eigenvalue weighted by atomic mass is 16.5. The van der Waals surface area contributed by atoms with E-state index in [4.69, 9.17) is 14.2 Å². The summed E-state index contributed by atoms with van der Waals surface area (Å²) >= 11 is 0. The lowest BCUT2D eigenvalue weighted by Crippen LogP contribution is -2.62.